The minimum atomic E-state index is 0.587. The molecule has 0 amide bonds. The van der Waals surface area contributed by atoms with Crippen LogP contribution in [0.15, 0.2) is 192 Å². The number of aromatic nitrogens is 5. The first kappa shape index (κ1) is 31.8. The molecule has 0 saturated heterocycles. The first-order chi connectivity index (χ1) is 27.8. The summed E-state index contributed by atoms with van der Waals surface area (Å²) in [6, 6.07) is 64.5. The smallest absolute Gasteiger partial charge is 0.164 e. The molecule has 0 aliphatic rings. The maximum atomic E-state index is 6.25. The van der Waals surface area contributed by atoms with E-state index in [2.05, 4.69) is 120 Å². The van der Waals surface area contributed by atoms with E-state index in [4.69, 9.17) is 24.5 Å². The summed E-state index contributed by atoms with van der Waals surface area (Å²) in [4.78, 5) is 15.3. The molecule has 6 heteroatoms. The predicted molar refractivity (Wildman–Crippen MR) is 226 cm³/mol. The van der Waals surface area contributed by atoms with Crippen molar-refractivity contribution in [2.24, 2.45) is 0 Å². The van der Waals surface area contributed by atoms with E-state index in [1.165, 1.54) is 0 Å². The van der Waals surface area contributed by atoms with E-state index in [0.29, 0.717) is 17.5 Å². The van der Waals surface area contributed by atoms with Gasteiger partial charge in [0.25, 0.3) is 0 Å². The van der Waals surface area contributed by atoms with Gasteiger partial charge in [-0.2, -0.15) is 5.10 Å². The van der Waals surface area contributed by atoms with Gasteiger partial charge >= 0.3 is 0 Å². The number of para-hydroxylation sites is 1. The molecule has 0 bridgehead atoms. The fraction of sp³-hybridized carbons (Fsp3) is 0. The zero-order chi connectivity index (χ0) is 37.0. The number of hydrogen-bond acceptors (Lipinski definition) is 5. The van der Waals surface area contributed by atoms with Crippen molar-refractivity contribution in [1.82, 2.24) is 24.6 Å². The average Bonchev–Trinajstić information content (AvgIpc) is 3.87. The Bertz CT molecular complexity index is 3230. The Hall–Kier alpha value is -7.70. The van der Waals surface area contributed by atoms with E-state index in [1.807, 2.05) is 72.8 Å². The van der Waals surface area contributed by atoms with Crippen molar-refractivity contribution >= 4 is 38.2 Å². The lowest BCUT2D eigenvalue weighted by atomic mass is 9.96. The van der Waals surface area contributed by atoms with Crippen LogP contribution < -0.4 is 0 Å². The summed E-state index contributed by atoms with van der Waals surface area (Å²) in [6.07, 6.45) is 0. The normalized spacial score (nSPS) is 11.6. The lowest BCUT2D eigenvalue weighted by Crippen LogP contribution is -2.00. The maximum Gasteiger partial charge on any atom is 0.164 e. The van der Waals surface area contributed by atoms with E-state index in [1.54, 1.807) is 0 Å². The molecule has 0 N–H and O–H groups in total. The molecule has 56 heavy (non-hydrogen) atoms. The second-order valence-corrected chi connectivity index (χ2v) is 13.9. The minimum absolute atomic E-state index is 0.587. The van der Waals surface area contributed by atoms with Crippen molar-refractivity contribution in [1.29, 1.82) is 0 Å². The van der Waals surface area contributed by atoms with Gasteiger partial charge in [0, 0.05) is 49.5 Å². The van der Waals surface area contributed by atoms with E-state index < -0.39 is 0 Å². The highest BCUT2D eigenvalue weighted by Gasteiger charge is 2.22. The summed E-state index contributed by atoms with van der Waals surface area (Å²) in [5, 5.41) is 9.67. The van der Waals surface area contributed by atoms with Gasteiger partial charge in [0.1, 0.15) is 16.9 Å². The summed E-state index contributed by atoms with van der Waals surface area (Å²) in [5.74, 6) is 1.78. The molecule has 0 spiro atoms. The highest BCUT2D eigenvalue weighted by molar-refractivity contribution is 6.12. The molecule has 6 nitrogen and oxygen atoms in total. The lowest BCUT2D eigenvalue weighted by molar-refractivity contribution is 0.669. The van der Waals surface area contributed by atoms with Gasteiger partial charge in [-0.1, -0.05) is 170 Å². The van der Waals surface area contributed by atoms with Crippen molar-refractivity contribution in [2.45, 2.75) is 0 Å². The molecule has 4 aromatic heterocycles. The highest BCUT2D eigenvalue weighted by atomic mass is 16.3. The number of nitrogens with zero attached hydrogens (tertiary/aromatic N) is 5. The van der Waals surface area contributed by atoms with Crippen LogP contribution in [-0.4, -0.2) is 24.6 Å². The molecule has 0 radical (unpaired) electrons. The van der Waals surface area contributed by atoms with E-state index in [-0.39, 0.29) is 0 Å². The average molecular weight is 718 g/mol. The number of benzene rings is 7. The van der Waals surface area contributed by atoms with Crippen LogP contribution in [0.5, 0.6) is 0 Å². The van der Waals surface area contributed by atoms with Gasteiger partial charge in [-0.3, -0.25) is 0 Å². The summed E-state index contributed by atoms with van der Waals surface area (Å²) in [7, 11) is 0. The van der Waals surface area contributed by atoms with Crippen molar-refractivity contribution < 1.29 is 4.42 Å². The zero-order valence-corrected chi connectivity index (χ0v) is 30.0. The van der Waals surface area contributed by atoms with Gasteiger partial charge in [0.15, 0.2) is 17.5 Å². The molecule has 262 valence electrons. The maximum absolute atomic E-state index is 6.25. The van der Waals surface area contributed by atoms with Gasteiger partial charge < -0.3 is 4.42 Å². The highest BCUT2D eigenvalue weighted by Crippen LogP contribution is 2.42. The van der Waals surface area contributed by atoms with Crippen molar-refractivity contribution in [3.63, 3.8) is 0 Å². The quantitative estimate of drug-likeness (QED) is 0.171. The molecule has 11 aromatic rings. The zero-order valence-electron chi connectivity index (χ0n) is 30.0. The van der Waals surface area contributed by atoms with Crippen LogP contribution in [0.1, 0.15) is 0 Å². The minimum Gasteiger partial charge on any atom is -0.456 e. The van der Waals surface area contributed by atoms with Gasteiger partial charge in [0.05, 0.1) is 11.2 Å². The fourth-order valence-corrected chi connectivity index (χ4v) is 7.86. The third-order valence-corrected chi connectivity index (χ3v) is 10.5. The van der Waals surface area contributed by atoms with Gasteiger partial charge in [-0.25, -0.2) is 19.5 Å². The second-order valence-electron chi connectivity index (χ2n) is 13.9. The summed E-state index contributed by atoms with van der Waals surface area (Å²) >= 11 is 0. The summed E-state index contributed by atoms with van der Waals surface area (Å²) < 4.78 is 8.37. The molecule has 0 atom stereocenters. The van der Waals surface area contributed by atoms with Gasteiger partial charge in [0.2, 0.25) is 0 Å². The summed E-state index contributed by atoms with van der Waals surface area (Å²) in [6.45, 7) is 0. The molecule has 0 aliphatic carbocycles. The first-order valence-electron chi connectivity index (χ1n) is 18.7. The van der Waals surface area contributed by atoms with Crippen molar-refractivity contribution in [3.8, 4) is 67.8 Å². The Balaban J connectivity index is 1.12. The Morgan fingerprint density at radius 2 is 0.964 bits per heavy atom. The number of rotatable bonds is 6. The Kier molecular flexibility index (Phi) is 7.38. The number of pyridine rings is 1. The summed E-state index contributed by atoms with van der Waals surface area (Å²) in [5.41, 5.74) is 11.6. The molecule has 11 rings (SSSR count). The van der Waals surface area contributed by atoms with E-state index in [0.717, 1.165) is 88.6 Å². The fourth-order valence-electron chi connectivity index (χ4n) is 7.86. The first-order valence-corrected chi connectivity index (χ1v) is 18.7. The van der Waals surface area contributed by atoms with Crippen LogP contribution in [0.2, 0.25) is 0 Å². The van der Waals surface area contributed by atoms with Crippen LogP contribution in [0, 0.1) is 0 Å². The van der Waals surface area contributed by atoms with Crippen LogP contribution in [0.25, 0.3) is 106 Å². The van der Waals surface area contributed by atoms with Crippen molar-refractivity contribution in [2.75, 3.05) is 0 Å². The van der Waals surface area contributed by atoms with E-state index in [9.17, 15) is 0 Å². The molecule has 0 unspecified atom stereocenters. The number of hydrogen-bond donors (Lipinski definition) is 0. The van der Waals surface area contributed by atoms with Crippen LogP contribution in [0.3, 0.4) is 0 Å². The van der Waals surface area contributed by atoms with Crippen molar-refractivity contribution in [3.05, 3.63) is 188 Å². The molecule has 4 heterocycles. The third-order valence-electron chi connectivity index (χ3n) is 10.5. The van der Waals surface area contributed by atoms with Gasteiger partial charge in [-0.15, -0.1) is 0 Å². The largest absolute Gasteiger partial charge is 0.456 e. The van der Waals surface area contributed by atoms with Gasteiger partial charge in [-0.05, 0) is 29.1 Å². The Morgan fingerprint density at radius 1 is 0.411 bits per heavy atom. The number of furan rings is 1. The van der Waals surface area contributed by atoms with Crippen LogP contribution in [-0.2, 0) is 0 Å². The molecule has 0 fully saturated rings. The Morgan fingerprint density at radius 3 is 1.70 bits per heavy atom. The molecular formula is C50H31N5O. The number of fused-ring (bicyclic) bond motifs is 6. The Labute approximate surface area is 322 Å². The van der Waals surface area contributed by atoms with Crippen LogP contribution >= 0.6 is 0 Å². The third kappa shape index (κ3) is 5.27. The standard InChI is InChI=1S/C50H31N5O/c1-4-15-32(16-5-1)41-31-37-21-10-11-22-38(37)47-44(46(54-55(41)47)34-17-6-2-7-18-34)33-27-29-36(30-28-33)49-51-48(35-19-8-3-9-20-35)52-50(53-49)40-24-14-26-43-45(40)39-23-12-13-25-42(39)56-43/h1-31H. The molecule has 0 aliphatic heterocycles. The topological polar surface area (TPSA) is 69.1 Å². The lowest BCUT2D eigenvalue weighted by Gasteiger charge is -2.11. The SMILES string of the molecule is c1ccc(-c2nc(-c3ccc(-c4c(-c5ccccc5)nn5c(-c6ccccc6)cc6ccccc6c45)cc3)nc(-c3cccc4oc5ccccc5c34)n2)cc1. The molecular weight excluding hydrogens is 687 g/mol. The van der Waals surface area contributed by atoms with Crippen LogP contribution in [0.4, 0.5) is 0 Å². The molecule has 7 aromatic carbocycles. The molecule has 0 saturated carbocycles. The van der Waals surface area contributed by atoms with E-state index >= 15 is 0 Å². The monoisotopic (exact) mass is 717 g/mol. The predicted octanol–water partition coefficient (Wildman–Crippen LogP) is 12.6. The second kappa shape index (κ2) is 13.0.